The van der Waals surface area contributed by atoms with E-state index in [0.29, 0.717) is 71.6 Å². The molecule has 9 heteroatoms. The molecule has 4 nitrogen and oxygen atoms in total. The van der Waals surface area contributed by atoms with E-state index in [0.717, 1.165) is 5.56 Å². The van der Waals surface area contributed by atoms with Gasteiger partial charge in [0, 0.05) is 36.9 Å². The van der Waals surface area contributed by atoms with Gasteiger partial charge in [0.15, 0.2) is 0 Å². The summed E-state index contributed by atoms with van der Waals surface area (Å²) in [6.07, 6.45) is -3.42. The van der Waals surface area contributed by atoms with Crippen molar-refractivity contribution in [2.45, 2.75) is 32.0 Å². The van der Waals surface area contributed by atoms with Crippen molar-refractivity contribution >= 4 is 34.8 Å². The number of nitrogens with zero attached hydrogens (tertiary/aromatic N) is 2. The first-order valence-electron chi connectivity index (χ1n) is 10.4. The minimum Gasteiger partial charge on any atom is -0.378 e. The summed E-state index contributed by atoms with van der Waals surface area (Å²) in [7, 11) is 1.78. The van der Waals surface area contributed by atoms with Crippen LogP contribution in [0.1, 0.15) is 32.6 Å². The number of morpholine rings is 1. The van der Waals surface area contributed by atoms with Crippen LogP contribution in [-0.4, -0.2) is 50.2 Å². The number of alkyl halides is 3. The number of anilines is 1. The van der Waals surface area contributed by atoms with Crippen molar-refractivity contribution in [3.63, 3.8) is 0 Å². The van der Waals surface area contributed by atoms with Gasteiger partial charge in [0.2, 0.25) is 0 Å². The number of halogens is 5. The van der Waals surface area contributed by atoms with E-state index in [4.69, 9.17) is 27.9 Å². The van der Waals surface area contributed by atoms with Crippen LogP contribution < -0.4 is 4.90 Å². The van der Waals surface area contributed by atoms with Crippen LogP contribution in [0, 0.1) is 6.92 Å². The first-order valence-corrected chi connectivity index (χ1v) is 11.1. The lowest BCUT2D eigenvalue weighted by Crippen LogP contribution is -2.40. The van der Waals surface area contributed by atoms with Crippen molar-refractivity contribution in [1.82, 2.24) is 4.90 Å². The van der Waals surface area contributed by atoms with Gasteiger partial charge in [0.25, 0.3) is 5.91 Å². The van der Waals surface area contributed by atoms with Gasteiger partial charge in [-0.1, -0.05) is 23.2 Å². The summed E-state index contributed by atoms with van der Waals surface area (Å²) < 4.78 is 45.2. The number of rotatable bonds is 3. The van der Waals surface area contributed by atoms with Crippen LogP contribution in [0.15, 0.2) is 24.3 Å². The van der Waals surface area contributed by atoms with Crippen LogP contribution in [-0.2, 0) is 23.8 Å². The van der Waals surface area contributed by atoms with Gasteiger partial charge >= 0.3 is 6.18 Å². The molecule has 1 amide bonds. The van der Waals surface area contributed by atoms with Gasteiger partial charge < -0.3 is 14.5 Å². The maximum absolute atomic E-state index is 13.3. The Morgan fingerprint density at radius 3 is 2.53 bits per heavy atom. The molecule has 1 atom stereocenters. The molecule has 2 aliphatic heterocycles. The Labute approximate surface area is 194 Å². The van der Waals surface area contributed by atoms with E-state index in [1.807, 2.05) is 4.90 Å². The Hall–Kier alpha value is -1.96. The largest absolute Gasteiger partial charge is 0.416 e. The second kappa shape index (κ2) is 8.76. The van der Waals surface area contributed by atoms with Crippen LogP contribution >= 0.6 is 23.2 Å². The summed E-state index contributed by atoms with van der Waals surface area (Å²) in [5, 5.41) is 0.733. The molecule has 0 aromatic heterocycles. The van der Waals surface area contributed by atoms with Gasteiger partial charge in [-0.2, -0.15) is 13.2 Å². The fourth-order valence-electron chi connectivity index (χ4n) is 4.44. The number of benzene rings is 2. The first kappa shape index (κ1) is 23.2. The summed E-state index contributed by atoms with van der Waals surface area (Å²) in [5.41, 5.74) is 2.41. The molecule has 0 radical (unpaired) electrons. The number of carbonyl (C=O) groups excluding carboxylic acids is 1. The molecule has 0 saturated carbocycles. The molecule has 2 aliphatic rings. The third-order valence-corrected chi connectivity index (χ3v) is 7.08. The van der Waals surface area contributed by atoms with Crippen LogP contribution in [0.4, 0.5) is 18.9 Å². The fourth-order valence-corrected chi connectivity index (χ4v) is 5.05. The predicted molar refractivity (Wildman–Crippen MR) is 119 cm³/mol. The molecule has 2 aromatic rings. The normalized spacial score (nSPS) is 18.8. The van der Waals surface area contributed by atoms with E-state index >= 15 is 0 Å². The Bertz CT molecular complexity index is 1050. The number of hydrogen-bond acceptors (Lipinski definition) is 3. The molecule has 32 heavy (non-hydrogen) atoms. The van der Waals surface area contributed by atoms with Crippen molar-refractivity contribution in [3.05, 3.63) is 62.1 Å². The van der Waals surface area contributed by atoms with Gasteiger partial charge in [-0.05, 0) is 60.7 Å². The van der Waals surface area contributed by atoms with E-state index in [2.05, 4.69) is 0 Å². The first-order chi connectivity index (χ1) is 15.1. The zero-order valence-corrected chi connectivity index (χ0v) is 19.2. The van der Waals surface area contributed by atoms with Crippen molar-refractivity contribution in [2.24, 2.45) is 0 Å². The van der Waals surface area contributed by atoms with E-state index in [9.17, 15) is 18.0 Å². The summed E-state index contributed by atoms with van der Waals surface area (Å²) in [5.74, 6) is -0.176. The highest BCUT2D eigenvalue weighted by Gasteiger charge is 2.36. The summed E-state index contributed by atoms with van der Waals surface area (Å²) in [6, 6.07) is 5.54. The van der Waals surface area contributed by atoms with Gasteiger partial charge in [0.05, 0.1) is 29.4 Å². The Morgan fingerprint density at radius 2 is 1.88 bits per heavy atom. The van der Waals surface area contributed by atoms with E-state index < -0.39 is 11.7 Å². The Kier molecular flexibility index (Phi) is 6.36. The third-order valence-electron chi connectivity index (χ3n) is 6.30. The highest BCUT2D eigenvalue weighted by molar-refractivity contribution is 6.38. The monoisotopic (exact) mass is 486 g/mol. The van der Waals surface area contributed by atoms with E-state index in [1.165, 1.54) is 12.1 Å². The number of carbonyl (C=O) groups is 1. The molecule has 0 aliphatic carbocycles. The number of amides is 1. The molecule has 2 aromatic carbocycles. The maximum Gasteiger partial charge on any atom is 0.416 e. The third kappa shape index (κ3) is 4.30. The summed E-state index contributed by atoms with van der Waals surface area (Å²) >= 11 is 13.1. The lowest BCUT2D eigenvalue weighted by atomic mass is 9.97. The molecule has 0 bridgehead atoms. The van der Waals surface area contributed by atoms with Gasteiger partial charge in [-0.15, -0.1) is 0 Å². The lowest BCUT2D eigenvalue weighted by Gasteiger charge is -2.28. The molecule has 4 rings (SSSR count). The van der Waals surface area contributed by atoms with E-state index in [-0.39, 0.29) is 11.9 Å². The molecule has 1 saturated heterocycles. The molecule has 1 unspecified atom stereocenters. The number of aryl methyl sites for hydroxylation is 1. The fraction of sp³-hybridized carbons (Fsp3) is 0.435. The molecule has 0 spiro atoms. The molecule has 1 fully saturated rings. The molecular weight excluding hydrogens is 464 g/mol. The Balaban J connectivity index is 1.61. The second-order valence-corrected chi connectivity index (χ2v) is 9.04. The van der Waals surface area contributed by atoms with Crippen molar-refractivity contribution in [3.8, 4) is 0 Å². The zero-order valence-electron chi connectivity index (χ0n) is 17.7. The van der Waals surface area contributed by atoms with Crippen molar-refractivity contribution in [2.75, 3.05) is 38.3 Å². The molecule has 0 N–H and O–H groups in total. The van der Waals surface area contributed by atoms with Crippen LogP contribution in [0.5, 0.6) is 0 Å². The lowest BCUT2D eigenvalue weighted by molar-refractivity contribution is -0.137. The summed E-state index contributed by atoms with van der Waals surface area (Å²) in [6.45, 7) is 3.65. The minimum absolute atomic E-state index is 0.129. The average Bonchev–Trinajstić information content (AvgIpc) is 3.07. The number of likely N-dealkylation sites (N-methyl/N-ethyl adjacent to an activating group) is 1. The highest BCUT2D eigenvalue weighted by Crippen LogP contribution is 2.41. The predicted octanol–water partition coefficient (Wildman–Crippen LogP) is 5.40. The van der Waals surface area contributed by atoms with Crippen LogP contribution in [0.2, 0.25) is 10.0 Å². The minimum atomic E-state index is -4.40. The highest BCUT2D eigenvalue weighted by atomic mass is 35.5. The molecular formula is C23H23Cl2F3N2O2. The number of ether oxygens (including phenoxy) is 1. The smallest absolute Gasteiger partial charge is 0.378 e. The van der Waals surface area contributed by atoms with Gasteiger partial charge in [0.1, 0.15) is 0 Å². The van der Waals surface area contributed by atoms with Gasteiger partial charge in [-0.25, -0.2) is 0 Å². The quantitative estimate of drug-likeness (QED) is 0.582. The standard InChI is InChI=1S/C23H23Cl2F3N2O2/c1-13-9-14(23(26,27)28)10-20-17(13)11-15(29(20)2)12-18-19(24)4-3-16(21(18)25)22(31)30-5-7-32-8-6-30/h3-4,9-10,15H,5-8,11-12H2,1-2H3. The van der Waals surface area contributed by atoms with E-state index in [1.54, 1.807) is 31.0 Å². The topological polar surface area (TPSA) is 32.8 Å². The second-order valence-electron chi connectivity index (χ2n) is 8.25. The van der Waals surface area contributed by atoms with Gasteiger partial charge in [-0.3, -0.25) is 4.79 Å². The van der Waals surface area contributed by atoms with Crippen LogP contribution in [0.25, 0.3) is 0 Å². The van der Waals surface area contributed by atoms with Crippen LogP contribution in [0.3, 0.4) is 0 Å². The SMILES string of the molecule is Cc1cc(C(F)(F)F)cc2c1CC(Cc1c(Cl)ccc(C(=O)N3CCOCC3)c1Cl)N2C. The Morgan fingerprint density at radius 1 is 1.19 bits per heavy atom. The van der Waals surface area contributed by atoms with Crippen molar-refractivity contribution in [1.29, 1.82) is 0 Å². The summed E-state index contributed by atoms with van der Waals surface area (Å²) in [4.78, 5) is 16.5. The van der Waals surface area contributed by atoms with Crippen molar-refractivity contribution < 1.29 is 22.7 Å². The maximum atomic E-state index is 13.3. The molecule has 2 heterocycles. The molecule has 172 valence electrons. The number of hydrogen-bond donors (Lipinski definition) is 0. The number of fused-ring (bicyclic) bond motifs is 1. The zero-order chi connectivity index (χ0) is 23.2. The average molecular weight is 487 g/mol.